The van der Waals surface area contributed by atoms with Crippen molar-refractivity contribution in [2.45, 2.75) is 38.3 Å². The molecule has 3 aliphatic rings. The van der Waals surface area contributed by atoms with Crippen molar-refractivity contribution in [2.24, 2.45) is 10.3 Å². The maximum Gasteiger partial charge on any atom is 0.263 e. The number of imide groups is 1. The zero-order valence-corrected chi connectivity index (χ0v) is 14.4. The minimum absolute atomic E-state index is 0.260. The topological polar surface area (TPSA) is 65.3 Å². The second-order valence-electron chi connectivity index (χ2n) is 7.10. The lowest BCUT2D eigenvalue weighted by Crippen LogP contribution is -2.40. The number of nitrogens with zero attached hydrogens (tertiary/aromatic N) is 4. The van der Waals surface area contributed by atoms with Gasteiger partial charge in [0.15, 0.2) is 12.1 Å². The van der Waals surface area contributed by atoms with Gasteiger partial charge in [-0.1, -0.05) is 23.4 Å². The van der Waals surface area contributed by atoms with Crippen molar-refractivity contribution in [1.82, 2.24) is 0 Å². The van der Waals surface area contributed by atoms with Crippen LogP contribution in [0.2, 0.25) is 0 Å². The van der Waals surface area contributed by atoms with Crippen molar-refractivity contribution in [3.8, 4) is 0 Å². The number of aryl methyl sites for hydroxylation is 3. The highest BCUT2D eigenvalue weighted by molar-refractivity contribution is 6.26. The lowest BCUT2D eigenvalue weighted by atomic mass is 10.1. The Bertz CT molecular complexity index is 968. The van der Waals surface area contributed by atoms with Gasteiger partial charge in [0.2, 0.25) is 0 Å². The zero-order valence-electron chi connectivity index (χ0n) is 14.4. The van der Waals surface area contributed by atoms with Gasteiger partial charge in [-0.2, -0.15) is 5.11 Å². The van der Waals surface area contributed by atoms with Gasteiger partial charge in [-0.05, 0) is 67.1 Å². The third kappa shape index (κ3) is 2.11. The van der Waals surface area contributed by atoms with Gasteiger partial charge < -0.3 is 0 Å². The second-order valence-corrected chi connectivity index (χ2v) is 7.10. The van der Waals surface area contributed by atoms with Crippen molar-refractivity contribution in [3.05, 3.63) is 59.2 Å². The van der Waals surface area contributed by atoms with Crippen LogP contribution in [0, 0.1) is 6.92 Å². The summed E-state index contributed by atoms with van der Waals surface area (Å²) in [6, 6.07) is 12.1. The van der Waals surface area contributed by atoms with E-state index >= 15 is 0 Å². The third-order valence-electron chi connectivity index (χ3n) is 5.39. The largest absolute Gasteiger partial charge is 0.271 e. The first-order valence-electron chi connectivity index (χ1n) is 8.90. The Morgan fingerprint density at radius 2 is 1.81 bits per heavy atom. The molecule has 130 valence electrons. The van der Waals surface area contributed by atoms with Crippen LogP contribution >= 0.6 is 0 Å². The van der Waals surface area contributed by atoms with Crippen LogP contribution in [0.4, 0.5) is 11.4 Å². The molecule has 0 bridgehead atoms. The quantitative estimate of drug-likeness (QED) is 0.785. The Morgan fingerprint density at radius 1 is 0.962 bits per heavy atom. The van der Waals surface area contributed by atoms with E-state index in [-0.39, 0.29) is 11.8 Å². The first kappa shape index (κ1) is 15.3. The fraction of sp³-hybridized carbons (Fsp3) is 0.300. The molecule has 2 aromatic rings. The fourth-order valence-electron chi connectivity index (χ4n) is 4.10. The molecule has 1 saturated heterocycles. The molecule has 2 amide bonds. The van der Waals surface area contributed by atoms with Crippen LogP contribution in [0.25, 0.3) is 0 Å². The average molecular weight is 346 g/mol. The van der Waals surface area contributed by atoms with Crippen LogP contribution in [-0.2, 0) is 22.4 Å². The normalized spacial score (nSPS) is 23.7. The zero-order chi connectivity index (χ0) is 17.8. The van der Waals surface area contributed by atoms with Crippen molar-refractivity contribution in [3.63, 3.8) is 0 Å². The molecule has 2 atom stereocenters. The van der Waals surface area contributed by atoms with Crippen molar-refractivity contribution >= 4 is 23.2 Å². The first-order chi connectivity index (χ1) is 12.6. The Kier molecular flexibility index (Phi) is 3.22. The van der Waals surface area contributed by atoms with Gasteiger partial charge in [-0.15, -0.1) is 0 Å². The second kappa shape index (κ2) is 5.49. The highest BCUT2D eigenvalue weighted by Gasteiger charge is 2.55. The third-order valence-corrected chi connectivity index (χ3v) is 5.39. The summed E-state index contributed by atoms with van der Waals surface area (Å²) in [4.78, 5) is 27.3. The highest BCUT2D eigenvalue weighted by Crippen LogP contribution is 2.36. The summed E-state index contributed by atoms with van der Waals surface area (Å²) in [5.41, 5.74) is 5.03. The summed E-state index contributed by atoms with van der Waals surface area (Å²) in [6.45, 7) is 1.98. The molecule has 0 saturated carbocycles. The molecule has 2 aromatic carbocycles. The fourth-order valence-corrected chi connectivity index (χ4v) is 4.10. The summed E-state index contributed by atoms with van der Waals surface area (Å²) in [7, 11) is 0. The molecule has 1 aliphatic carbocycles. The predicted octanol–water partition coefficient (Wildman–Crippen LogP) is 2.98. The molecular formula is C20H18N4O2. The number of hydrogen-bond donors (Lipinski definition) is 0. The van der Waals surface area contributed by atoms with Gasteiger partial charge in [0.1, 0.15) is 0 Å². The van der Waals surface area contributed by atoms with Gasteiger partial charge in [0.05, 0.1) is 11.4 Å². The molecule has 5 rings (SSSR count). The number of anilines is 2. The molecule has 1 fully saturated rings. The van der Waals surface area contributed by atoms with Gasteiger partial charge in [0.25, 0.3) is 11.8 Å². The molecule has 0 unspecified atom stereocenters. The van der Waals surface area contributed by atoms with Crippen LogP contribution in [0.15, 0.2) is 52.8 Å². The summed E-state index contributed by atoms with van der Waals surface area (Å²) in [5.74, 6) is -0.554. The summed E-state index contributed by atoms with van der Waals surface area (Å²) >= 11 is 0. The van der Waals surface area contributed by atoms with E-state index in [1.807, 2.05) is 49.4 Å². The number of carbonyl (C=O) groups excluding carboxylic acids is 2. The molecule has 0 spiro atoms. The standard InChI is InChI=1S/C20H18N4O2/c1-12-4-2-7-16(10-12)24-18-17(21-22-24)19(25)23(20(18)26)15-9-8-13-5-3-6-14(13)11-15/h2,4,7-11,17-18H,3,5-6H2,1H3/t17-,18-/m1/s1. The van der Waals surface area contributed by atoms with Gasteiger partial charge >= 0.3 is 0 Å². The Morgan fingerprint density at radius 3 is 2.65 bits per heavy atom. The Labute approximate surface area is 151 Å². The Hall–Kier alpha value is -3.02. The van der Waals surface area contributed by atoms with Crippen molar-refractivity contribution in [2.75, 3.05) is 9.91 Å². The maximum atomic E-state index is 13.1. The minimum atomic E-state index is -0.767. The lowest BCUT2D eigenvalue weighted by molar-refractivity contribution is -0.121. The summed E-state index contributed by atoms with van der Waals surface area (Å²) in [6.07, 6.45) is 3.20. The van der Waals surface area contributed by atoms with E-state index in [0.717, 1.165) is 30.5 Å². The van der Waals surface area contributed by atoms with Gasteiger partial charge in [-0.25, -0.2) is 9.91 Å². The molecule has 0 N–H and O–H groups in total. The number of amides is 2. The smallest absolute Gasteiger partial charge is 0.263 e. The van der Waals surface area contributed by atoms with Crippen molar-refractivity contribution in [1.29, 1.82) is 0 Å². The summed E-state index contributed by atoms with van der Waals surface area (Å²) in [5, 5.41) is 9.79. The monoisotopic (exact) mass is 346 g/mol. The predicted molar refractivity (Wildman–Crippen MR) is 97.1 cm³/mol. The van der Waals surface area contributed by atoms with E-state index in [1.54, 1.807) is 5.01 Å². The lowest BCUT2D eigenvalue weighted by Gasteiger charge is -2.21. The van der Waals surface area contributed by atoms with Gasteiger partial charge in [0, 0.05) is 0 Å². The molecule has 2 heterocycles. The van der Waals surface area contributed by atoms with Crippen LogP contribution < -0.4 is 9.91 Å². The van der Waals surface area contributed by atoms with Crippen LogP contribution in [0.1, 0.15) is 23.1 Å². The molecule has 26 heavy (non-hydrogen) atoms. The summed E-state index contributed by atoms with van der Waals surface area (Å²) < 4.78 is 0. The first-order valence-corrected chi connectivity index (χ1v) is 8.90. The van der Waals surface area contributed by atoms with E-state index in [4.69, 9.17) is 0 Å². The number of carbonyl (C=O) groups is 2. The number of rotatable bonds is 2. The minimum Gasteiger partial charge on any atom is -0.271 e. The average Bonchev–Trinajstić information content (AvgIpc) is 3.32. The molecule has 0 aromatic heterocycles. The van der Waals surface area contributed by atoms with E-state index in [0.29, 0.717) is 5.69 Å². The van der Waals surface area contributed by atoms with Gasteiger partial charge in [-0.3, -0.25) is 9.59 Å². The van der Waals surface area contributed by atoms with E-state index in [2.05, 4.69) is 10.3 Å². The van der Waals surface area contributed by atoms with Crippen molar-refractivity contribution < 1.29 is 9.59 Å². The van der Waals surface area contributed by atoms with Crippen LogP contribution in [0.5, 0.6) is 0 Å². The van der Waals surface area contributed by atoms with E-state index in [1.165, 1.54) is 16.0 Å². The molecular weight excluding hydrogens is 328 g/mol. The number of hydrogen-bond acceptors (Lipinski definition) is 5. The molecule has 2 aliphatic heterocycles. The maximum absolute atomic E-state index is 13.1. The van der Waals surface area contributed by atoms with Crippen LogP contribution in [0.3, 0.4) is 0 Å². The van der Waals surface area contributed by atoms with E-state index in [9.17, 15) is 9.59 Å². The molecule has 0 radical (unpaired) electrons. The van der Waals surface area contributed by atoms with E-state index < -0.39 is 12.1 Å². The number of benzene rings is 2. The highest BCUT2D eigenvalue weighted by atomic mass is 16.2. The number of fused-ring (bicyclic) bond motifs is 2. The SMILES string of the molecule is Cc1cccc(N2N=N[C@H]3C(=O)N(c4ccc5c(c4)CCC5)C(=O)[C@@H]32)c1. The Balaban J connectivity index is 1.51. The molecule has 6 nitrogen and oxygen atoms in total. The van der Waals surface area contributed by atoms with Crippen LogP contribution in [-0.4, -0.2) is 23.9 Å². The molecule has 6 heteroatoms.